The molecule has 0 radical (unpaired) electrons. The smallest absolute Gasteiger partial charge is 0.404 e. The molecule has 2 aliphatic rings. The Morgan fingerprint density at radius 3 is 2.38 bits per heavy atom. The second-order valence-electron chi connectivity index (χ2n) is 11.2. The summed E-state index contributed by atoms with van der Waals surface area (Å²) in [4.78, 5) is 29.5. The number of aromatic nitrogens is 1. The minimum absolute atomic E-state index is 0.232. The minimum atomic E-state index is -4.75. The fourth-order valence-electron chi connectivity index (χ4n) is 5.71. The number of carboxylic acids is 1. The standard InChI is InChI=1S/C29H32F3N3O5S2/c1-16(29(30,31)32)35-42(39,40)24-12-11-22(20-9-5-6-10-21(20)24)25-23(13-17-7-3-2-4-8-17)34-27(41-25)26(36)33-19-14-18(15-19)28(37)38/h5-6,9-12,16-19,35H,2-4,7-8,13-15H2,1H3,(H,33,36)(H,37,38). The van der Waals surface area contributed by atoms with Gasteiger partial charge in [-0.25, -0.2) is 13.4 Å². The quantitative estimate of drug-likeness (QED) is 0.272. The van der Waals surface area contributed by atoms with Gasteiger partial charge in [-0.15, -0.1) is 11.3 Å². The number of benzene rings is 2. The Hall–Kier alpha value is -3.03. The predicted octanol–water partition coefficient (Wildman–Crippen LogP) is 5.91. The van der Waals surface area contributed by atoms with Crippen LogP contribution in [-0.2, 0) is 21.2 Å². The van der Waals surface area contributed by atoms with E-state index in [4.69, 9.17) is 10.1 Å². The molecule has 2 aliphatic carbocycles. The number of sulfonamides is 1. The van der Waals surface area contributed by atoms with E-state index in [-0.39, 0.29) is 27.2 Å². The number of thiazole rings is 1. The molecule has 0 saturated heterocycles. The average Bonchev–Trinajstić information content (AvgIpc) is 3.32. The molecule has 1 unspecified atom stereocenters. The summed E-state index contributed by atoms with van der Waals surface area (Å²) in [5, 5.41) is 13.0. The summed E-state index contributed by atoms with van der Waals surface area (Å²) in [6.45, 7) is 0.751. The Balaban J connectivity index is 1.52. The number of carbonyl (C=O) groups is 2. The summed E-state index contributed by atoms with van der Waals surface area (Å²) < 4.78 is 67.4. The Bertz CT molecular complexity index is 1590. The van der Waals surface area contributed by atoms with Gasteiger partial charge in [0, 0.05) is 17.0 Å². The van der Waals surface area contributed by atoms with E-state index in [2.05, 4.69) is 5.32 Å². The van der Waals surface area contributed by atoms with Gasteiger partial charge in [-0.1, -0.05) is 62.4 Å². The summed E-state index contributed by atoms with van der Waals surface area (Å²) >= 11 is 1.18. The minimum Gasteiger partial charge on any atom is -0.481 e. The van der Waals surface area contributed by atoms with Gasteiger partial charge in [0.1, 0.15) is 6.04 Å². The molecule has 8 nitrogen and oxygen atoms in total. The van der Waals surface area contributed by atoms with Crippen LogP contribution in [0.1, 0.15) is 67.4 Å². The zero-order valence-corrected chi connectivity index (χ0v) is 24.5. The Labute approximate surface area is 245 Å². The fraction of sp³-hybridized carbons (Fsp3) is 0.483. The van der Waals surface area contributed by atoms with Gasteiger partial charge in [0.05, 0.1) is 21.4 Å². The van der Waals surface area contributed by atoms with Crippen LogP contribution in [0, 0.1) is 11.8 Å². The number of alkyl halides is 3. The molecule has 2 aromatic carbocycles. The lowest BCUT2D eigenvalue weighted by molar-refractivity contribution is -0.147. The van der Waals surface area contributed by atoms with Gasteiger partial charge in [-0.05, 0) is 43.6 Å². The van der Waals surface area contributed by atoms with Crippen molar-refractivity contribution < 1.29 is 36.3 Å². The van der Waals surface area contributed by atoms with Crippen molar-refractivity contribution in [1.82, 2.24) is 15.0 Å². The van der Waals surface area contributed by atoms with E-state index in [0.29, 0.717) is 41.0 Å². The maximum Gasteiger partial charge on any atom is 0.404 e. The average molecular weight is 624 g/mol. The summed E-state index contributed by atoms with van der Waals surface area (Å²) in [7, 11) is -4.52. The van der Waals surface area contributed by atoms with Gasteiger partial charge < -0.3 is 10.4 Å². The lowest BCUT2D eigenvalue weighted by Crippen LogP contribution is -2.46. The summed E-state index contributed by atoms with van der Waals surface area (Å²) in [5.74, 6) is -1.36. The molecule has 3 aromatic rings. The molecule has 226 valence electrons. The van der Waals surface area contributed by atoms with Crippen molar-refractivity contribution in [2.24, 2.45) is 11.8 Å². The first-order valence-corrected chi connectivity index (χ1v) is 16.3. The molecule has 42 heavy (non-hydrogen) atoms. The van der Waals surface area contributed by atoms with Crippen LogP contribution < -0.4 is 10.0 Å². The van der Waals surface area contributed by atoms with Gasteiger partial charge in [0.15, 0.2) is 5.01 Å². The first kappa shape index (κ1) is 30.4. The van der Waals surface area contributed by atoms with Gasteiger partial charge in [0.25, 0.3) is 5.91 Å². The highest BCUT2D eigenvalue weighted by molar-refractivity contribution is 7.89. The largest absolute Gasteiger partial charge is 0.481 e. The zero-order valence-electron chi connectivity index (χ0n) is 22.9. The van der Waals surface area contributed by atoms with Crippen LogP contribution in [0.5, 0.6) is 0 Å². The van der Waals surface area contributed by atoms with Crippen molar-refractivity contribution in [3.05, 3.63) is 47.1 Å². The molecule has 1 heterocycles. The number of hydrogen-bond acceptors (Lipinski definition) is 6. The molecule has 0 bridgehead atoms. The maximum atomic E-state index is 13.2. The predicted molar refractivity (Wildman–Crippen MR) is 153 cm³/mol. The van der Waals surface area contributed by atoms with E-state index in [1.807, 2.05) is 0 Å². The van der Waals surface area contributed by atoms with Crippen LogP contribution >= 0.6 is 11.3 Å². The van der Waals surface area contributed by atoms with E-state index in [9.17, 15) is 31.2 Å². The molecule has 0 aliphatic heterocycles. The van der Waals surface area contributed by atoms with Gasteiger partial charge in [-0.3, -0.25) is 9.59 Å². The highest BCUT2D eigenvalue weighted by Gasteiger charge is 2.39. The molecule has 3 N–H and O–H groups in total. The van der Waals surface area contributed by atoms with Crippen molar-refractivity contribution in [1.29, 1.82) is 0 Å². The highest BCUT2D eigenvalue weighted by Crippen LogP contribution is 2.40. The SMILES string of the molecule is CC(NS(=O)(=O)c1ccc(-c2sc(C(=O)NC3CC(C(=O)O)C3)nc2CC2CCCCC2)c2ccccc12)C(F)(F)F. The molecule has 5 rings (SSSR count). The number of nitrogens with one attached hydrogen (secondary N) is 2. The third-order valence-electron chi connectivity index (χ3n) is 8.16. The third kappa shape index (κ3) is 6.47. The van der Waals surface area contributed by atoms with Crippen LogP contribution in [0.15, 0.2) is 41.3 Å². The molecule has 0 spiro atoms. The lowest BCUT2D eigenvalue weighted by Gasteiger charge is -2.32. The number of carbonyl (C=O) groups excluding carboxylic acids is 1. The second-order valence-corrected chi connectivity index (χ2v) is 13.9. The number of aliphatic carboxylic acids is 1. The Kier molecular flexibility index (Phi) is 8.64. The number of halogens is 3. The van der Waals surface area contributed by atoms with Gasteiger partial charge in [0.2, 0.25) is 10.0 Å². The van der Waals surface area contributed by atoms with Crippen LogP contribution in [0.4, 0.5) is 13.2 Å². The number of hydrogen-bond donors (Lipinski definition) is 3. The fourth-order valence-corrected chi connectivity index (χ4v) is 8.19. The first-order chi connectivity index (χ1) is 19.8. The molecular weight excluding hydrogens is 591 g/mol. The molecule has 2 saturated carbocycles. The molecule has 13 heteroatoms. The Morgan fingerprint density at radius 1 is 1.07 bits per heavy atom. The van der Waals surface area contributed by atoms with Crippen molar-refractivity contribution in [2.45, 2.75) is 81.4 Å². The topological polar surface area (TPSA) is 125 Å². The van der Waals surface area contributed by atoms with Crippen molar-refractivity contribution in [3.8, 4) is 10.4 Å². The second kappa shape index (κ2) is 11.9. The third-order valence-corrected chi connectivity index (χ3v) is 10.9. The van der Waals surface area contributed by atoms with Crippen molar-refractivity contribution in [3.63, 3.8) is 0 Å². The summed E-state index contributed by atoms with van der Waals surface area (Å²) in [5.41, 5.74) is 1.36. The Morgan fingerprint density at radius 2 is 1.74 bits per heavy atom. The van der Waals surface area contributed by atoms with Crippen molar-refractivity contribution >= 4 is 44.0 Å². The van der Waals surface area contributed by atoms with Gasteiger partial charge in [-0.2, -0.15) is 17.9 Å². The molecule has 1 atom stereocenters. The van der Waals surface area contributed by atoms with Crippen LogP contribution in [0.3, 0.4) is 0 Å². The highest BCUT2D eigenvalue weighted by atomic mass is 32.2. The van der Waals surface area contributed by atoms with E-state index >= 15 is 0 Å². The zero-order chi connectivity index (χ0) is 30.2. The monoisotopic (exact) mass is 623 g/mol. The van der Waals surface area contributed by atoms with Crippen LogP contribution in [0.2, 0.25) is 0 Å². The van der Waals surface area contributed by atoms with E-state index < -0.39 is 34.1 Å². The number of fused-ring (bicyclic) bond motifs is 1. The lowest BCUT2D eigenvalue weighted by atomic mass is 9.80. The molecule has 2 fully saturated rings. The number of carboxylic acid groups (broad SMARTS) is 1. The molecule has 1 amide bonds. The first-order valence-electron chi connectivity index (χ1n) is 14.0. The van der Waals surface area contributed by atoms with E-state index in [1.165, 1.54) is 23.8 Å². The van der Waals surface area contributed by atoms with Crippen molar-refractivity contribution in [2.75, 3.05) is 0 Å². The molecule has 1 aromatic heterocycles. The normalized spacial score (nSPS) is 20.7. The summed E-state index contributed by atoms with van der Waals surface area (Å²) in [6, 6.07) is 6.95. The number of nitrogens with zero attached hydrogens (tertiary/aromatic N) is 1. The van der Waals surface area contributed by atoms with E-state index in [0.717, 1.165) is 38.3 Å². The number of amides is 1. The molecular formula is C29H32F3N3O5S2. The number of rotatable bonds is 9. The van der Waals surface area contributed by atoms with Crippen LogP contribution in [0.25, 0.3) is 21.2 Å². The summed E-state index contributed by atoms with van der Waals surface area (Å²) in [6.07, 6.45) is 2.09. The van der Waals surface area contributed by atoms with Crippen LogP contribution in [-0.4, -0.2) is 48.6 Å². The van der Waals surface area contributed by atoms with E-state index in [1.54, 1.807) is 35.1 Å². The van der Waals surface area contributed by atoms with Gasteiger partial charge >= 0.3 is 12.1 Å². The maximum absolute atomic E-state index is 13.2.